The molecule has 2 amide bonds. The van der Waals surface area contributed by atoms with E-state index in [4.69, 9.17) is 18.6 Å². The zero-order chi connectivity index (χ0) is 26.8. The number of hydrogen-bond donors (Lipinski definition) is 1. The Labute approximate surface area is 209 Å². The van der Waals surface area contributed by atoms with Gasteiger partial charge in [0.1, 0.15) is 11.6 Å². The van der Waals surface area contributed by atoms with Crippen molar-refractivity contribution >= 4 is 17.6 Å². The Morgan fingerprint density at radius 1 is 1.03 bits per heavy atom. The van der Waals surface area contributed by atoms with E-state index in [0.29, 0.717) is 0 Å². The monoisotopic (exact) mass is 517 g/mol. The van der Waals surface area contributed by atoms with Crippen molar-refractivity contribution in [3.05, 3.63) is 77.7 Å². The van der Waals surface area contributed by atoms with Gasteiger partial charge in [0.2, 0.25) is 5.75 Å². The van der Waals surface area contributed by atoms with Gasteiger partial charge in [-0.1, -0.05) is 30.3 Å². The second-order valence-corrected chi connectivity index (χ2v) is 7.85. The summed E-state index contributed by atoms with van der Waals surface area (Å²) in [7, 11) is 3.92. The van der Waals surface area contributed by atoms with Crippen molar-refractivity contribution in [2.24, 2.45) is 4.99 Å². The molecular weight excluding hydrogens is 495 g/mol. The number of nitrogens with zero attached hydrogens (tertiary/aromatic N) is 2. The molecule has 2 heterocycles. The molecule has 0 bridgehead atoms. The third kappa shape index (κ3) is 4.57. The first-order valence-electron chi connectivity index (χ1n) is 10.8. The van der Waals surface area contributed by atoms with E-state index in [1.807, 2.05) is 5.32 Å². The molecule has 0 saturated carbocycles. The largest absolute Gasteiger partial charge is 0.493 e. The van der Waals surface area contributed by atoms with Crippen LogP contribution in [0, 0.1) is 0 Å². The van der Waals surface area contributed by atoms with Gasteiger partial charge in [-0.3, -0.25) is 14.5 Å². The predicted octanol–water partition coefficient (Wildman–Crippen LogP) is 3.78. The molecule has 1 N–H and O–H groups in total. The molecule has 0 spiro atoms. The van der Waals surface area contributed by atoms with Crippen LogP contribution in [0.1, 0.15) is 21.7 Å². The highest BCUT2D eigenvalue weighted by Crippen LogP contribution is 2.41. The number of carbonyl (C=O) groups is 2. The fraction of sp³-hybridized carbons (Fsp3) is 0.240. The van der Waals surface area contributed by atoms with Gasteiger partial charge in [-0.25, -0.2) is 4.99 Å². The Hall–Kier alpha value is -4.48. The average Bonchev–Trinajstić information content (AvgIpc) is 3.50. The van der Waals surface area contributed by atoms with Crippen molar-refractivity contribution in [2.75, 3.05) is 21.3 Å². The normalized spacial score (nSPS) is 17.4. The molecule has 12 heteroatoms. The fourth-order valence-electron chi connectivity index (χ4n) is 3.86. The van der Waals surface area contributed by atoms with Gasteiger partial charge in [0.05, 0.1) is 34.1 Å². The highest BCUT2D eigenvalue weighted by molar-refractivity contribution is 6.16. The Balaban J connectivity index is 1.81. The van der Waals surface area contributed by atoms with Crippen LogP contribution in [0.25, 0.3) is 0 Å². The smallest absolute Gasteiger partial charge is 0.442 e. The average molecular weight is 517 g/mol. The third-order valence-electron chi connectivity index (χ3n) is 5.64. The lowest BCUT2D eigenvalue weighted by Crippen LogP contribution is -2.63. The maximum absolute atomic E-state index is 14.6. The minimum absolute atomic E-state index is 0.0405. The molecule has 9 nitrogen and oxygen atoms in total. The minimum Gasteiger partial charge on any atom is -0.493 e. The van der Waals surface area contributed by atoms with Gasteiger partial charge in [0, 0.05) is 11.1 Å². The van der Waals surface area contributed by atoms with Crippen LogP contribution in [0.3, 0.4) is 0 Å². The standard InChI is InChI=1S/C25H22F3N3O6/c1-34-18-12-16(13-19(35-2)20(18)36-3)22(32)30-24(25(26,27)28)23(33)31(14-17-10-7-11-37-17)21(29-24)15-8-5-4-6-9-15/h4-13H,14H2,1-3H3,(H,30,32). The Morgan fingerprint density at radius 3 is 2.19 bits per heavy atom. The maximum Gasteiger partial charge on any atom is 0.442 e. The van der Waals surface area contributed by atoms with Gasteiger partial charge < -0.3 is 23.9 Å². The number of furan rings is 1. The molecule has 1 aliphatic rings. The van der Waals surface area contributed by atoms with E-state index in [-0.39, 0.29) is 46.5 Å². The molecule has 0 saturated heterocycles. The van der Waals surface area contributed by atoms with E-state index in [2.05, 4.69) is 4.99 Å². The Bertz CT molecular complexity index is 1300. The number of methoxy groups -OCH3 is 3. The van der Waals surface area contributed by atoms with Crippen molar-refractivity contribution in [3.8, 4) is 17.2 Å². The maximum atomic E-state index is 14.6. The number of nitrogens with one attached hydrogen (secondary N) is 1. The number of halogens is 3. The van der Waals surface area contributed by atoms with E-state index >= 15 is 0 Å². The number of hydrogen-bond acceptors (Lipinski definition) is 7. The molecule has 0 radical (unpaired) electrons. The first-order chi connectivity index (χ1) is 17.6. The van der Waals surface area contributed by atoms with Crippen LogP contribution in [0.2, 0.25) is 0 Å². The summed E-state index contributed by atoms with van der Waals surface area (Å²) < 4.78 is 64.7. The zero-order valence-electron chi connectivity index (χ0n) is 20.0. The van der Waals surface area contributed by atoms with Crippen LogP contribution in [0.5, 0.6) is 17.2 Å². The highest BCUT2D eigenvalue weighted by Gasteiger charge is 2.67. The van der Waals surface area contributed by atoms with E-state index in [0.717, 1.165) is 4.90 Å². The molecule has 1 atom stereocenters. The minimum atomic E-state index is -5.29. The number of amidine groups is 1. The van der Waals surface area contributed by atoms with Crippen LogP contribution < -0.4 is 19.5 Å². The van der Waals surface area contributed by atoms with Crippen LogP contribution in [0.4, 0.5) is 13.2 Å². The molecule has 0 aliphatic carbocycles. The van der Waals surface area contributed by atoms with Crippen LogP contribution in [-0.2, 0) is 11.3 Å². The van der Waals surface area contributed by atoms with Crippen molar-refractivity contribution in [1.29, 1.82) is 0 Å². The summed E-state index contributed by atoms with van der Waals surface area (Å²) in [6, 6.07) is 13.3. The molecule has 37 heavy (non-hydrogen) atoms. The quantitative estimate of drug-likeness (QED) is 0.488. The second kappa shape index (κ2) is 9.88. The number of amides is 2. The summed E-state index contributed by atoms with van der Waals surface area (Å²) in [5.74, 6) is -2.55. The first-order valence-corrected chi connectivity index (χ1v) is 10.8. The van der Waals surface area contributed by atoms with Crippen molar-refractivity contribution in [3.63, 3.8) is 0 Å². The predicted molar refractivity (Wildman–Crippen MR) is 125 cm³/mol. The van der Waals surface area contributed by atoms with E-state index < -0.39 is 23.7 Å². The lowest BCUT2D eigenvalue weighted by atomic mass is 10.1. The number of benzene rings is 2. The number of ether oxygens (including phenoxy) is 3. The third-order valence-corrected chi connectivity index (χ3v) is 5.64. The molecule has 1 aliphatic heterocycles. The van der Waals surface area contributed by atoms with Gasteiger partial charge >= 0.3 is 11.8 Å². The lowest BCUT2D eigenvalue weighted by molar-refractivity contribution is -0.196. The zero-order valence-corrected chi connectivity index (χ0v) is 20.0. The molecule has 4 rings (SSSR count). The number of carbonyl (C=O) groups excluding carboxylic acids is 2. The highest BCUT2D eigenvalue weighted by atomic mass is 19.4. The van der Waals surface area contributed by atoms with Crippen molar-refractivity contribution < 1.29 is 41.4 Å². The number of alkyl halides is 3. The topological polar surface area (TPSA) is 103 Å². The summed E-state index contributed by atoms with van der Waals surface area (Å²) >= 11 is 0. The van der Waals surface area contributed by atoms with Crippen molar-refractivity contribution in [2.45, 2.75) is 18.4 Å². The summed E-state index contributed by atoms with van der Waals surface area (Å²) in [6.07, 6.45) is -3.96. The van der Waals surface area contributed by atoms with Gasteiger partial charge in [0.25, 0.3) is 11.8 Å². The van der Waals surface area contributed by atoms with Crippen LogP contribution in [-0.4, -0.2) is 55.7 Å². The summed E-state index contributed by atoms with van der Waals surface area (Å²) in [5, 5.41) is 1.82. The summed E-state index contributed by atoms with van der Waals surface area (Å²) in [4.78, 5) is 31.3. The van der Waals surface area contributed by atoms with Crippen LogP contribution in [0.15, 0.2) is 70.3 Å². The molecule has 2 aromatic carbocycles. The fourth-order valence-corrected chi connectivity index (χ4v) is 3.86. The molecular formula is C25H22F3N3O6. The van der Waals surface area contributed by atoms with Gasteiger partial charge in [-0.2, -0.15) is 13.2 Å². The summed E-state index contributed by atoms with van der Waals surface area (Å²) in [6.45, 7) is -0.336. The molecule has 1 aromatic heterocycles. The van der Waals surface area contributed by atoms with Gasteiger partial charge in [-0.15, -0.1) is 0 Å². The van der Waals surface area contributed by atoms with E-state index in [1.54, 1.807) is 24.3 Å². The molecule has 3 aromatic rings. The molecule has 194 valence electrons. The molecule has 0 fully saturated rings. The number of aliphatic imine (C=N–C) groups is 1. The first kappa shape index (κ1) is 25.6. The van der Waals surface area contributed by atoms with Crippen LogP contribution >= 0.6 is 0 Å². The SMILES string of the molecule is COc1cc(C(=O)NC2(C(F)(F)F)N=C(c3ccccc3)N(Cc3ccco3)C2=O)cc(OC)c1OC. The van der Waals surface area contributed by atoms with Gasteiger partial charge in [-0.05, 0) is 24.3 Å². The van der Waals surface area contributed by atoms with E-state index in [9.17, 15) is 22.8 Å². The van der Waals surface area contributed by atoms with Crippen molar-refractivity contribution in [1.82, 2.24) is 10.2 Å². The lowest BCUT2D eigenvalue weighted by Gasteiger charge is -2.29. The number of rotatable bonds is 8. The Kier molecular flexibility index (Phi) is 6.84. The second-order valence-electron chi connectivity index (χ2n) is 7.85. The Morgan fingerprint density at radius 2 is 1.68 bits per heavy atom. The summed E-state index contributed by atoms with van der Waals surface area (Å²) in [5.41, 5.74) is -3.62. The van der Waals surface area contributed by atoms with E-state index in [1.165, 1.54) is 57.9 Å². The molecule has 1 unspecified atom stereocenters. The van der Waals surface area contributed by atoms with Gasteiger partial charge in [0.15, 0.2) is 11.5 Å².